The zero-order chi connectivity index (χ0) is 14.8. The summed E-state index contributed by atoms with van der Waals surface area (Å²) < 4.78 is 27.9. The molecule has 1 N–H and O–H groups in total. The molecule has 0 unspecified atom stereocenters. The van der Waals surface area contributed by atoms with Crippen LogP contribution in [-0.2, 0) is 16.6 Å². The van der Waals surface area contributed by atoms with E-state index in [-0.39, 0.29) is 11.4 Å². The van der Waals surface area contributed by atoms with E-state index in [1.54, 1.807) is 37.3 Å². The van der Waals surface area contributed by atoms with E-state index in [0.29, 0.717) is 10.6 Å². The first kappa shape index (κ1) is 15.5. The molecule has 0 heterocycles. The second-order valence-electron chi connectivity index (χ2n) is 4.33. The molecule has 2 rings (SSSR count). The molecule has 2 aromatic carbocycles. The van der Waals surface area contributed by atoms with Crippen LogP contribution in [0.3, 0.4) is 0 Å². The maximum Gasteiger partial charge on any atom is 0.241 e. The lowest BCUT2D eigenvalue weighted by molar-refractivity contribution is 0.580. The predicted molar refractivity (Wildman–Crippen MR) is 84.4 cm³/mol. The summed E-state index contributed by atoms with van der Waals surface area (Å²) in [6, 6.07) is 12.3. The Hall–Kier alpha value is -0.880. The molecule has 0 amide bonds. The fourth-order valence-corrected chi connectivity index (χ4v) is 3.75. The Balaban J connectivity index is 2.24. The summed E-state index contributed by atoms with van der Waals surface area (Å²) in [7, 11) is -3.57. The van der Waals surface area contributed by atoms with E-state index < -0.39 is 10.0 Å². The summed E-state index contributed by atoms with van der Waals surface area (Å²) in [5.41, 5.74) is 1.44. The minimum Gasteiger partial charge on any atom is -0.207 e. The van der Waals surface area contributed by atoms with Crippen LogP contribution in [0.5, 0.6) is 0 Å². The Kier molecular flexibility index (Phi) is 4.86. The van der Waals surface area contributed by atoms with Crippen LogP contribution in [0.2, 0.25) is 5.02 Å². The molecule has 20 heavy (non-hydrogen) atoms. The number of aryl methyl sites for hydroxylation is 1. The quantitative estimate of drug-likeness (QED) is 0.882. The zero-order valence-corrected chi connectivity index (χ0v) is 13.9. The van der Waals surface area contributed by atoms with Crippen molar-refractivity contribution in [3.05, 3.63) is 63.1 Å². The zero-order valence-electron chi connectivity index (χ0n) is 10.7. The Labute approximate surface area is 132 Å². The second kappa shape index (κ2) is 6.26. The average molecular weight is 375 g/mol. The fraction of sp³-hybridized carbons (Fsp3) is 0.143. The van der Waals surface area contributed by atoms with Crippen molar-refractivity contribution in [3.63, 3.8) is 0 Å². The molecule has 6 heteroatoms. The van der Waals surface area contributed by atoms with Crippen molar-refractivity contribution < 1.29 is 8.42 Å². The third-order valence-corrected chi connectivity index (χ3v) is 5.26. The van der Waals surface area contributed by atoms with Crippen LogP contribution in [0.4, 0.5) is 0 Å². The summed E-state index contributed by atoms with van der Waals surface area (Å²) in [6.07, 6.45) is 0. The minimum absolute atomic E-state index is 0.161. The minimum atomic E-state index is -3.57. The molecule has 0 aliphatic carbocycles. The van der Waals surface area contributed by atoms with Gasteiger partial charge in [-0.05, 0) is 36.2 Å². The van der Waals surface area contributed by atoms with E-state index in [0.717, 1.165) is 10.0 Å². The van der Waals surface area contributed by atoms with Gasteiger partial charge < -0.3 is 0 Å². The number of hydrogen-bond acceptors (Lipinski definition) is 2. The normalized spacial score (nSPS) is 11.6. The summed E-state index contributed by atoms with van der Waals surface area (Å²) >= 11 is 9.30. The third-order valence-electron chi connectivity index (χ3n) is 2.85. The van der Waals surface area contributed by atoms with Crippen molar-refractivity contribution in [2.75, 3.05) is 0 Å². The fourth-order valence-electron chi connectivity index (χ4n) is 1.76. The standard InChI is InChI=1S/C14H13BrClNO2S/c1-10-6-7-12(15)8-14(10)20(18,19)17-9-11-4-2-3-5-13(11)16/h2-8,17H,9H2,1H3. The molecule has 0 spiro atoms. The van der Waals surface area contributed by atoms with Gasteiger partial charge >= 0.3 is 0 Å². The van der Waals surface area contributed by atoms with E-state index >= 15 is 0 Å². The SMILES string of the molecule is Cc1ccc(Br)cc1S(=O)(=O)NCc1ccccc1Cl. The van der Waals surface area contributed by atoms with Crippen molar-refractivity contribution in [2.24, 2.45) is 0 Å². The van der Waals surface area contributed by atoms with E-state index in [1.807, 2.05) is 12.1 Å². The van der Waals surface area contributed by atoms with Crippen LogP contribution in [0, 0.1) is 6.92 Å². The lowest BCUT2D eigenvalue weighted by Gasteiger charge is -2.10. The van der Waals surface area contributed by atoms with Gasteiger partial charge in [0.05, 0.1) is 4.90 Å². The van der Waals surface area contributed by atoms with Gasteiger partial charge in [0.15, 0.2) is 0 Å². The van der Waals surface area contributed by atoms with Crippen LogP contribution >= 0.6 is 27.5 Å². The average Bonchev–Trinajstić information content (AvgIpc) is 2.40. The topological polar surface area (TPSA) is 46.2 Å². The van der Waals surface area contributed by atoms with Gasteiger partial charge in [-0.3, -0.25) is 0 Å². The summed E-state index contributed by atoms with van der Waals surface area (Å²) in [5, 5.41) is 0.543. The number of nitrogens with one attached hydrogen (secondary N) is 1. The molecule has 0 aromatic heterocycles. The largest absolute Gasteiger partial charge is 0.241 e. The highest BCUT2D eigenvalue weighted by Gasteiger charge is 2.17. The highest BCUT2D eigenvalue weighted by atomic mass is 79.9. The molecule has 2 aromatic rings. The molecule has 0 aliphatic heterocycles. The van der Waals surface area contributed by atoms with Crippen molar-refractivity contribution in [3.8, 4) is 0 Å². The smallest absolute Gasteiger partial charge is 0.207 e. The van der Waals surface area contributed by atoms with Crippen molar-refractivity contribution in [1.82, 2.24) is 4.72 Å². The van der Waals surface area contributed by atoms with Crippen LogP contribution < -0.4 is 4.72 Å². The van der Waals surface area contributed by atoms with E-state index in [9.17, 15) is 8.42 Å². The lowest BCUT2D eigenvalue weighted by Crippen LogP contribution is -2.24. The molecule has 106 valence electrons. The number of halogens is 2. The van der Waals surface area contributed by atoms with Gasteiger partial charge in [0, 0.05) is 16.0 Å². The second-order valence-corrected chi connectivity index (χ2v) is 7.38. The monoisotopic (exact) mass is 373 g/mol. The van der Waals surface area contributed by atoms with E-state index in [2.05, 4.69) is 20.7 Å². The maximum atomic E-state index is 12.3. The van der Waals surface area contributed by atoms with Gasteiger partial charge in [-0.25, -0.2) is 13.1 Å². The Morgan fingerprint density at radius 2 is 1.90 bits per heavy atom. The highest BCUT2D eigenvalue weighted by molar-refractivity contribution is 9.10. The van der Waals surface area contributed by atoms with Gasteiger partial charge in [-0.15, -0.1) is 0 Å². The number of hydrogen-bond donors (Lipinski definition) is 1. The first-order chi connectivity index (χ1) is 9.40. The number of sulfonamides is 1. The van der Waals surface area contributed by atoms with Crippen molar-refractivity contribution in [1.29, 1.82) is 0 Å². The first-order valence-electron chi connectivity index (χ1n) is 5.89. The number of benzene rings is 2. The Morgan fingerprint density at radius 3 is 2.60 bits per heavy atom. The molecule has 0 atom stereocenters. The van der Waals surface area contributed by atoms with Gasteiger partial charge in [0.2, 0.25) is 10.0 Å². The Morgan fingerprint density at radius 1 is 1.20 bits per heavy atom. The van der Waals surface area contributed by atoms with Crippen LogP contribution in [-0.4, -0.2) is 8.42 Å². The van der Waals surface area contributed by atoms with Crippen LogP contribution in [0.25, 0.3) is 0 Å². The molecule has 0 fully saturated rings. The van der Waals surface area contributed by atoms with Crippen LogP contribution in [0.1, 0.15) is 11.1 Å². The maximum absolute atomic E-state index is 12.3. The number of rotatable bonds is 4. The summed E-state index contributed by atoms with van der Waals surface area (Å²) in [6.45, 7) is 1.92. The molecular formula is C14H13BrClNO2S. The van der Waals surface area contributed by atoms with Gasteiger partial charge in [0.25, 0.3) is 0 Å². The van der Waals surface area contributed by atoms with Crippen molar-refractivity contribution >= 4 is 37.6 Å². The molecular weight excluding hydrogens is 362 g/mol. The van der Waals surface area contributed by atoms with Crippen molar-refractivity contribution in [2.45, 2.75) is 18.4 Å². The molecule has 0 aliphatic rings. The Bertz CT molecular complexity index is 732. The van der Waals surface area contributed by atoms with Gasteiger partial charge in [-0.2, -0.15) is 0 Å². The van der Waals surface area contributed by atoms with E-state index in [1.165, 1.54) is 0 Å². The molecule has 0 bridgehead atoms. The molecule has 0 saturated heterocycles. The first-order valence-corrected chi connectivity index (χ1v) is 8.55. The molecule has 3 nitrogen and oxygen atoms in total. The lowest BCUT2D eigenvalue weighted by atomic mass is 10.2. The van der Waals surface area contributed by atoms with Gasteiger partial charge in [0.1, 0.15) is 0 Å². The molecule has 0 saturated carbocycles. The summed E-state index contributed by atoms with van der Waals surface area (Å²) in [5.74, 6) is 0. The van der Waals surface area contributed by atoms with E-state index in [4.69, 9.17) is 11.6 Å². The highest BCUT2D eigenvalue weighted by Crippen LogP contribution is 2.21. The predicted octanol–water partition coefficient (Wildman–Crippen LogP) is 3.89. The van der Waals surface area contributed by atoms with Gasteiger partial charge in [-0.1, -0.05) is 51.8 Å². The summed E-state index contributed by atoms with van der Waals surface area (Å²) in [4.78, 5) is 0.263. The third kappa shape index (κ3) is 3.61. The van der Waals surface area contributed by atoms with Crippen LogP contribution in [0.15, 0.2) is 51.8 Å². The molecule has 0 radical (unpaired) electrons.